The van der Waals surface area contributed by atoms with Crippen LogP contribution in [0.4, 0.5) is 5.69 Å². The number of nitrogens with one attached hydrogen (secondary N) is 2. The number of hydrogen-bond donors (Lipinski definition) is 2. The number of anilines is 1. The lowest BCUT2D eigenvalue weighted by molar-refractivity contribution is -0.127. The smallest absolute Gasteiger partial charge is 0.261 e. The van der Waals surface area contributed by atoms with Gasteiger partial charge in [0, 0.05) is 29.7 Å². The zero-order valence-corrected chi connectivity index (χ0v) is 20.6. The van der Waals surface area contributed by atoms with Crippen LogP contribution in [-0.2, 0) is 9.59 Å². The Labute approximate surface area is 209 Å². The lowest BCUT2D eigenvalue weighted by Crippen LogP contribution is -2.50. The van der Waals surface area contributed by atoms with Crippen LogP contribution in [-0.4, -0.2) is 35.3 Å². The fraction of sp³-hybridized carbons (Fsp3) is 0.333. The van der Waals surface area contributed by atoms with E-state index in [1.807, 2.05) is 36.6 Å². The van der Waals surface area contributed by atoms with Crippen LogP contribution in [0, 0.1) is 6.92 Å². The monoisotopic (exact) mass is 490 g/mol. The SMILES string of the molecule is Cc1ccccc1N(C(=O)CNC(=O)c1cccs1)[C@H](C(=O)NC1CCCCC1)c1cccnc1. The van der Waals surface area contributed by atoms with Crippen molar-refractivity contribution in [2.24, 2.45) is 0 Å². The number of pyridine rings is 1. The van der Waals surface area contributed by atoms with Gasteiger partial charge in [0.2, 0.25) is 11.8 Å². The van der Waals surface area contributed by atoms with Gasteiger partial charge in [-0.3, -0.25) is 24.3 Å². The molecule has 3 aromatic rings. The number of rotatable bonds is 8. The number of nitrogens with zero attached hydrogens (tertiary/aromatic N) is 2. The molecule has 182 valence electrons. The molecule has 3 amide bonds. The highest BCUT2D eigenvalue weighted by Crippen LogP contribution is 2.31. The Hall–Kier alpha value is -3.52. The molecule has 7 nitrogen and oxygen atoms in total. The van der Waals surface area contributed by atoms with Crippen molar-refractivity contribution in [3.63, 3.8) is 0 Å². The number of aryl methyl sites for hydroxylation is 1. The number of carbonyl (C=O) groups excluding carboxylic acids is 3. The summed E-state index contributed by atoms with van der Waals surface area (Å²) in [7, 11) is 0. The van der Waals surface area contributed by atoms with Gasteiger partial charge in [0.15, 0.2) is 0 Å². The molecular formula is C27H30N4O3S. The van der Waals surface area contributed by atoms with E-state index in [2.05, 4.69) is 15.6 Å². The summed E-state index contributed by atoms with van der Waals surface area (Å²) in [4.78, 5) is 46.2. The molecule has 4 rings (SSSR count). The first-order valence-corrected chi connectivity index (χ1v) is 12.8. The predicted octanol–water partition coefficient (Wildman–Crippen LogP) is 4.40. The Kier molecular flexibility index (Phi) is 8.26. The number of benzene rings is 1. The van der Waals surface area contributed by atoms with Gasteiger partial charge in [-0.25, -0.2) is 0 Å². The quantitative estimate of drug-likeness (QED) is 0.490. The van der Waals surface area contributed by atoms with Gasteiger partial charge in [-0.05, 0) is 48.9 Å². The van der Waals surface area contributed by atoms with Crippen LogP contribution in [0.1, 0.15) is 58.9 Å². The average molecular weight is 491 g/mol. The third kappa shape index (κ3) is 6.14. The largest absolute Gasteiger partial charge is 0.351 e. The van der Waals surface area contributed by atoms with Gasteiger partial charge in [-0.1, -0.05) is 49.6 Å². The van der Waals surface area contributed by atoms with Gasteiger partial charge in [-0.15, -0.1) is 11.3 Å². The maximum atomic E-state index is 13.7. The van der Waals surface area contributed by atoms with E-state index in [0.717, 1.165) is 31.2 Å². The topological polar surface area (TPSA) is 91.4 Å². The fourth-order valence-corrected chi connectivity index (χ4v) is 5.11. The Morgan fingerprint density at radius 3 is 2.54 bits per heavy atom. The molecule has 1 saturated carbocycles. The van der Waals surface area contributed by atoms with E-state index in [-0.39, 0.29) is 30.3 Å². The molecule has 0 radical (unpaired) electrons. The number of hydrogen-bond acceptors (Lipinski definition) is 5. The lowest BCUT2D eigenvalue weighted by Gasteiger charge is -2.34. The fourth-order valence-electron chi connectivity index (χ4n) is 4.47. The molecule has 1 atom stereocenters. The van der Waals surface area contributed by atoms with Gasteiger partial charge < -0.3 is 10.6 Å². The van der Waals surface area contributed by atoms with Crippen molar-refractivity contribution in [2.75, 3.05) is 11.4 Å². The summed E-state index contributed by atoms with van der Waals surface area (Å²) in [6.45, 7) is 1.66. The highest BCUT2D eigenvalue weighted by atomic mass is 32.1. The van der Waals surface area contributed by atoms with Crippen molar-refractivity contribution in [3.8, 4) is 0 Å². The van der Waals surface area contributed by atoms with Crippen molar-refractivity contribution >= 4 is 34.7 Å². The number of para-hydroxylation sites is 1. The second-order valence-corrected chi connectivity index (χ2v) is 9.69. The standard InChI is InChI=1S/C27H30N4O3S/c1-19-9-5-6-13-22(19)31(24(32)18-29-26(33)23-14-8-16-35-23)25(20-10-7-15-28-17-20)27(34)30-21-11-3-2-4-12-21/h5-10,13-17,21,25H,2-4,11-12,18H2,1H3,(H,29,33)(H,30,34)/t25-/m0/s1. The molecule has 0 bridgehead atoms. The van der Waals surface area contributed by atoms with Crippen LogP contribution in [0.5, 0.6) is 0 Å². The van der Waals surface area contributed by atoms with E-state index in [4.69, 9.17) is 0 Å². The summed E-state index contributed by atoms with van der Waals surface area (Å²) in [6.07, 6.45) is 8.46. The van der Waals surface area contributed by atoms with Crippen LogP contribution in [0.25, 0.3) is 0 Å². The van der Waals surface area contributed by atoms with Crippen molar-refractivity contribution in [3.05, 3.63) is 82.3 Å². The number of aromatic nitrogens is 1. The van der Waals surface area contributed by atoms with Gasteiger partial charge in [0.1, 0.15) is 6.04 Å². The van der Waals surface area contributed by atoms with E-state index < -0.39 is 6.04 Å². The van der Waals surface area contributed by atoms with Crippen LogP contribution in [0.15, 0.2) is 66.3 Å². The second kappa shape index (κ2) is 11.8. The zero-order chi connectivity index (χ0) is 24.6. The Morgan fingerprint density at radius 1 is 1.06 bits per heavy atom. The normalized spacial score (nSPS) is 14.7. The van der Waals surface area contributed by atoms with Gasteiger partial charge in [0.25, 0.3) is 5.91 Å². The molecule has 35 heavy (non-hydrogen) atoms. The summed E-state index contributed by atoms with van der Waals surface area (Å²) in [5, 5.41) is 7.71. The summed E-state index contributed by atoms with van der Waals surface area (Å²) >= 11 is 1.31. The van der Waals surface area contributed by atoms with E-state index in [9.17, 15) is 14.4 Å². The Balaban J connectivity index is 1.67. The molecule has 0 saturated heterocycles. The summed E-state index contributed by atoms with van der Waals surface area (Å²) < 4.78 is 0. The number of carbonyl (C=O) groups is 3. The molecule has 2 N–H and O–H groups in total. The maximum Gasteiger partial charge on any atom is 0.261 e. The van der Waals surface area contributed by atoms with Crippen molar-refractivity contribution in [2.45, 2.75) is 51.1 Å². The average Bonchev–Trinajstić information content (AvgIpc) is 3.42. The minimum Gasteiger partial charge on any atom is -0.351 e. The lowest BCUT2D eigenvalue weighted by atomic mass is 9.94. The van der Waals surface area contributed by atoms with Crippen LogP contribution in [0.2, 0.25) is 0 Å². The molecule has 1 aliphatic carbocycles. The number of thiophene rings is 1. The summed E-state index contributed by atoms with van der Waals surface area (Å²) in [5.41, 5.74) is 2.09. The Morgan fingerprint density at radius 2 is 1.86 bits per heavy atom. The summed E-state index contributed by atoms with van der Waals surface area (Å²) in [6, 6.07) is 13.7. The van der Waals surface area contributed by atoms with Crippen molar-refractivity contribution in [1.82, 2.24) is 15.6 Å². The molecular weight excluding hydrogens is 460 g/mol. The minimum absolute atomic E-state index is 0.0859. The highest BCUT2D eigenvalue weighted by molar-refractivity contribution is 7.12. The Bertz CT molecular complexity index is 1140. The van der Waals surface area contributed by atoms with E-state index in [1.165, 1.54) is 22.7 Å². The maximum absolute atomic E-state index is 13.7. The van der Waals surface area contributed by atoms with E-state index in [0.29, 0.717) is 16.1 Å². The first-order valence-electron chi connectivity index (χ1n) is 11.9. The molecule has 0 spiro atoms. The molecule has 1 aromatic carbocycles. The molecule has 2 heterocycles. The van der Waals surface area contributed by atoms with Crippen molar-refractivity contribution in [1.29, 1.82) is 0 Å². The highest BCUT2D eigenvalue weighted by Gasteiger charge is 2.35. The van der Waals surface area contributed by atoms with Gasteiger partial charge >= 0.3 is 0 Å². The molecule has 0 aliphatic heterocycles. The first-order chi connectivity index (χ1) is 17.0. The molecule has 1 fully saturated rings. The third-order valence-electron chi connectivity index (χ3n) is 6.25. The summed E-state index contributed by atoms with van der Waals surface area (Å²) in [5.74, 6) is -0.939. The van der Waals surface area contributed by atoms with Crippen molar-refractivity contribution < 1.29 is 14.4 Å². The van der Waals surface area contributed by atoms with Gasteiger partial charge in [-0.2, -0.15) is 0 Å². The van der Waals surface area contributed by atoms with Crippen LogP contribution < -0.4 is 15.5 Å². The minimum atomic E-state index is -0.919. The molecule has 2 aromatic heterocycles. The zero-order valence-electron chi connectivity index (χ0n) is 19.8. The molecule has 1 aliphatic rings. The van der Waals surface area contributed by atoms with Gasteiger partial charge in [0.05, 0.1) is 11.4 Å². The molecule has 8 heteroatoms. The molecule has 0 unspecified atom stereocenters. The first kappa shape index (κ1) is 24.6. The predicted molar refractivity (Wildman–Crippen MR) is 137 cm³/mol. The van der Waals surface area contributed by atoms with E-state index in [1.54, 1.807) is 36.7 Å². The van der Waals surface area contributed by atoms with Crippen LogP contribution >= 0.6 is 11.3 Å². The third-order valence-corrected chi connectivity index (χ3v) is 7.12. The van der Waals surface area contributed by atoms with Crippen LogP contribution in [0.3, 0.4) is 0 Å². The number of amides is 3. The van der Waals surface area contributed by atoms with E-state index >= 15 is 0 Å². The second-order valence-electron chi connectivity index (χ2n) is 8.74.